The number of nitrogens with one attached hydrogen (secondary N) is 1. The lowest BCUT2D eigenvalue weighted by atomic mass is 9.86. The summed E-state index contributed by atoms with van der Waals surface area (Å²) in [6, 6.07) is 12.8. The monoisotopic (exact) mass is 334 g/mol. The highest BCUT2D eigenvalue weighted by atomic mass is 16.5. The van der Waals surface area contributed by atoms with Crippen LogP contribution in [0, 0.1) is 5.92 Å². The van der Waals surface area contributed by atoms with Crippen LogP contribution in [0.3, 0.4) is 0 Å². The van der Waals surface area contributed by atoms with Gasteiger partial charge in [-0.25, -0.2) is 0 Å². The van der Waals surface area contributed by atoms with Crippen LogP contribution < -0.4 is 10.1 Å². The number of ether oxygens (including phenoxy) is 1. The summed E-state index contributed by atoms with van der Waals surface area (Å²) in [5, 5.41) is 3.12. The third kappa shape index (κ3) is 2.44. The minimum Gasteiger partial charge on any atom is -0.493 e. The minimum absolute atomic E-state index is 0.0614. The van der Waals surface area contributed by atoms with Gasteiger partial charge in [-0.15, -0.1) is 0 Å². The molecule has 0 bridgehead atoms. The van der Waals surface area contributed by atoms with E-state index in [0.717, 1.165) is 55.1 Å². The maximum atomic E-state index is 12.6. The third-order valence-corrected chi connectivity index (χ3v) is 5.88. The van der Waals surface area contributed by atoms with Crippen molar-refractivity contribution in [1.29, 1.82) is 0 Å². The number of benzene rings is 2. The average Bonchev–Trinajstić information content (AvgIpc) is 3.21. The Hall–Kier alpha value is -2.33. The molecule has 3 heterocycles. The zero-order valence-electron chi connectivity index (χ0n) is 14.4. The first-order valence-corrected chi connectivity index (χ1v) is 9.06. The van der Waals surface area contributed by atoms with Gasteiger partial charge in [0.25, 0.3) is 5.91 Å². The number of likely N-dealkylation sites (tertiary alicyclic amines) is 1. The van der Waals surface area contributed by atoms with Crippen LogP contribution in [0.2, 0.25) is 0 Å². The van der Waals surface area contributed by atoms with E-state index in [1.807, 2.05) is 0 Å². The van der Waals surface area contributed by atoms with Crippen molar-refractivity contribution in [2.24, 2.45) is 5.92 Å². The number of hydrogen-bond donors (Lipinski definition) is 1. The Morgan fingerprint density at radius 2 is 1.96 bits per heavy atom. The molecule has 2 aromatic carbocycles. The first kappa shape index (κ1) is 15.0. The molecule has 1 saturated heterocycles. The number of nitrogens with zero attached hydrogens (tertiary/aromatic N) is 1. The topological polar surface area (TPSA) is 41.6 Å². The van der Waals surface area contributed by atoms with Crippen molar-refractivity contribution >= 4 is 5.91 Å². The molecule has 2 aromatic rings. The molecular formula is C21H22N2O2. The average molecular weight is 334 g/mol. The first-order chi connectivity index (χ1) is 12.2. The van der Waals surface area contributed by atoms with Crippen molar-refractivity contribution in [3.05, 3.63) is 53.1 Å². The Kier molecular flexibility index (Phi) is 3.35. The smallest absolute Gasteiger partial charge is 0.251 e. The van der Waals surface area contributed by atoms with E-state index in [2.05, 4.69) is 53.7 Å². The summed E-state index contributed by atoms with van der Waals surface area (Å²) >= 11 is 0. The SMILES string of the molecule is CN1C[C@H]2CNC(=O)c3cc(-c4ccc5c(c4)OCC5)ccc3[C@@H]2C1. The van der Waals surface area contributed by atoms with Gasteiger partial charge >= 0.3 is 0 Å². The van der Waals surface area contributed by atoms with Crippen LogP contribution in [0.25, 0.3) is 11.1 Å². The standard InChI is InChI=1S/C21H22N2O2/c1-23-11-16-10-22-21(24)18-8-14(4-5-17(18)19(16)12-23)15-3-2-13-6-7-25-20(13)9-15/h2-5,8-9,16,19H,6-7,10-12H2,1H3,(H,22,24)/t16-,19-/m1/s1. The van der Waals surface area contributed by atoms with Crippen molar-refractivity contribution in [3.8, 4) is 16.9 Å². The second-order valence-corrected chi connectivity index (χ2v) is 7.52. The fraction of sp³-hybridized carbons (Fsp3) is 0.381. The fourth-order valence-electron chi connectivity index (χ4n) is 4.57. The minimum atomic E-state index is 0.0614. The predicted octanol–water partition coefficient (Wildman–Crippen LogP) is 2.68. The Bertz CT molecular complexity index is 861. The summed E-state index contributed by atoms with van der Waals surface area (Å²) in [7, 11) is 2.16. The number of hydrogen-bond acceptors (Lipinski definition) is 3. The normalized spacial score (nSPS) is 24.8. The number of amides is 1. The van der Waals surface area contributed by atoms with Crippen molar-refractivity contribution in [1.82, 2.24) is 10.2 Å². The number of carbonyl (C=O) groups excluding carboxylic acids is 1. The van der Waals surface area contributed by atoms with E-state index in [1.165, 1.54) is 11.1 Å². The van der Waals surface area contributed by atoms with Crippen LogP contribution in [-0.4, -0.2) is 44.1 Å². The maximum absolute atomic E-state index is 12.6. The quantitative estimate of drug-likeness (QED) is 0.872. The lowest BCUT2D eigenvalue weighted by Crippen LogP contribution is -2.29. The molecule has 0 saturated carbocycles. The molecule has 1 amide bonds. The second kappa shape index (κ2) is 5.60. The van der Waals surface area contributed by atoms with E-state index in [4.69, 9.17) is 4.74 Å². The van der Waals surface area contributed by atoms with Gasteiger partial charge in [-0.2, -0.15) is 0 Å². The van der Waals surface area contributed by atoms with Crippen LogP contribution in [0.5, 0.6) is 5.75 Å². The summed E-state index contributed by atoms with van der Waals surface area (Å²) in [6.07, 6.45) is 0.985. The first-order valence-electron chi connectivity index (χ1n) is 9.06. The summed E-state index contributed by atoms with van der Waals surface area (Å²) < 4.78 is 5.70. The van der Waals surface area contributed by atoms with Gasteiger partial charge in [-0.1, -0.05) is 24.3 Å². The lowest BCUT2D eigenvalue weighted by molar-refractivity contribution is 0.0951. The van der Waals surface area contributed by atoms with E-state index in [-0.39, 0.29) is 5.91 Å². The zero-order chi connectivity index (χ0) is 17.0. The van der Waals surface area contributed by atoms with Crippen molar-refractivity contribution in [2.75, 3.05) is 33.3 Å². The fourth-order valence-corrected chi connectivity index (χ4v) is 4.57. The molecule has 4 nitrogen and oxygen atoms in total. The van der Waals surface area contributed by atoms with Crippen molar-refractivity contribution in [3.63, 3.8) is 0 Å². The zero-order valence-corrected chi connectivity index (χ0v) is 14.4. The van der Waals surface area contributed by atoms with E-state index in [9.17, 15) is 4.79 Å². The van der Waals surface area contributed by atoms with Crippen LogP contribution in [0.4, 0.5) is 0 Å². The number of rotatable bonds is 1. The number of fused-ring (bicyclic) bond motifs is 4. The van der Waals surface area contributed by atoms with E-state index in [1.54, 1.807) is 0 Å². The molecule has 128 valence electrons. The van der Waals surface area contributed by atoms with Gasteiger partial charge in [0.1, 0.15) is 5.75 Å². The molecule has 1 fully saturated rings. The maximum Gasteiger partial charge on any atom is 0.251 e. The molecule has 4 heteroatoms. The van der Waals surface area contributed by atoms with Crippen LogP contribution in [-0.2, 0) is 6.42 Å². The Balaban J connectivity index is 1.57. The van der Waals surface area contributed by atoms with Gasteiger partial charge in [-0.05, 0) is 47.4 Å². The molecule has 0 radical (unpaired) electrons. The van der Waals surface area contributed by atoms with Crippen LogP contribution in [0.15, 0.2) is 36.4 Å². The Morgan fingerprint density at radius 1 is 1.12 bits per heavy atom. The second-order valence-electron chi connectivity index (χ2n) is 7.52. The summed E-state index contributed by atoms with van der Waals surface area (Å²) in [5.41, 5.74) is 5.50. The highest BCUT2D eigenvalue weighted by Crippen LogP contribution is 2.38. The third-order valence-electron chi connectivity index (χ3n) is 5.88. The molecule has 5 rings (SSSR count). The molecule has 25 heavy (non-hydrogen) atoms. The van der Waals surface area contributed by atoms with Gasteiger partial charge < -0.3 is 15.0 Å². The Morgan fingerprint density at radius 3 is 2.88 bits per heavy atom. The molecule has 3 aliphatic heterocycles. The lowest BCUT2D eigenvalue weighted by Gasteiger charge is -2.17. The summed E-state index contributed by atoms with van der Waals surface area (Å²) in [5.74, 6) is 1.99. The van der Waals surface area contributed by atoms with Gasteiger partial charge in [0.15, 0.2) is 0 Å². The highest BCUT2D eigenvalue weighted by Gasteiger charge is 2.36. The highest BCUT2D eigenvalue weighted by molar-refractivity contribution is 5.97. The molecule has 1 N–H and O–H groups in total. The predicted molar refractivity (Wildman–Crippen MR) is 97.1 cm³/mol. The molecule has 0 unspecified atom stereocenters. The van der Waals surface area contributed by atoms with Gasteiger partial charge in [0, 0.05) is 37.5 Å². The van der Waals surface area contributed by atoms with Crippen LogP contribution >= 0.6 is 0 Å². The van der Waals surface area contributed by atoms with Crippen molar-refractivity contribution < 1.29 is 9.53 Å². The molecule has 0 spiro atoms. The largest absolute Gasteiger partial charge is 0.493 e. The number of likely N-dealkylation sites (N-methyl/N-ethyl adjacent to an activating group) is 1. The van der Waals surface area contributed by atoms with Crippen molar-refractivity contribution in [2.45, 2.75) is 12.3 Å². The van der Waals surface area contributed by atoms with Gasteiger partial charge in [-0.3, -0.25) is 4.79 Å². The van der Waals surface area contributed by atoms with Crippen LogP contribution in [0.1, 0.15) is 27.4 Å². The molecule has 0 aromatic heterocycles. The summed E-state index contributed by atoms with van der Waals surface area (Å²) in [4.78, 5) is 15.0. The molecule has 0 aliphatic carbocycles. The number of carbonyl (C=O) groups is 1. The van der Waals surface area contributed by atoms with E-state index >= 15 is 0 Å². The van der Waals surface area contributed by atoms with E-state index in [0.29, 0.717) is 11.8 Å². The van der Waals surface area contributed by atoms with E-state index < -0.39 is 0 Å². The van der Waals surface area contributed by atoms with Gasteiger partial charge in [0.2, 0.25) is 0 Å². The Labute approximate surface area is 147 Å². The van der Waals surface area contributed by atoms with Gasteiger partial charge in [0.05, 0.1) is 6.61 Å². The summed E-state index contributed by atoms with van der Waals surface area (Å²) in [6.45, 7) is 3.61. The molecule has 3 aliphatic rings. The molecule has 2 atom stereocenters. The molecular weight excluding hydrogens is 312 g/mol.